The zero-order chi connectivity index (χ0) is 13.8. The summed E-state index contributed by atoms with van der Waals surface area (Å²) in [7, 11) is 0. The summed E-state index contributed by atoms with van der Waals surface area (Å²) < 4.78 is 37.4. The number of nitriles is 2. The fourth-order valence-corrected chi connectivity index (χ4v) is 1.69. The predicted octanol–water partition coefficient (Wildman–Crippen LogP) is 3.43. The summed E-state index contributed by atoms with van der Waals surface area (Å²) in [5.74, 6) is -2.07. The lowest BCUT2D eigenvalue weighted by molar-refractivity contribution is -0.155. The van der Waals surface area contributed by atoms with Crippen LogP contribution >= 0.6 is 15.9 Å². The monoisotopic (exact) mass is 317 g/mol. The molecule has 0 aliphatic rings. The zero-order valence-electron chi connectivity index (χ0n) is 8.92. The molecule has 3 nitrogen and oxygen atoms in total. The van der Waals surface area contributed by atoms with E-state index in [1.807, 2.05) is 6.07 Å². The van der Waals surface area contributed by atoms with E-state index in [2.05, 4.69) is 21.2 Å². The van der Waals surface area contributed by atoms with Crippen LogP contribution in [-0.4, -0.2) is 12.7 Å². The second kappa shape index (κ2) is 5.74. The highest BCUT2D eigenvalue weighted by Gasteiger charge is 2.39. The predicted molar refractivity (Wildman–Crippen MR) is 62.5 cm³/mol. The first-order valence-corrected chi connectivity index (χ1v) is 5.57. The Morgan fingerprint density at radius 3 is 2.44 bits per heavy atom. The maximum atomic E-state index is 12.3. The van der Waals surface area contributed by atoms with Crippen molar-refractivity contribution >= 4 is 21.6 Å². The van der Waals surface area contributed by atoms with Crippen LogP contribution in [0.3, 0.4) is 0 Å². The molecule has 0 saturated heterocycles. The minimum absolute atomic E-state index is 0.389. The average molecular weight is 318 g/mol. The highest BCUT2D eigenvalue weighted by molar-refractivity contribution is 9.10. The van der Waals surface area contributed by atoms with Crippen molar-refractivity contribution in [2.24, 2.45) is 5.92 Å². The number of hydrogen-bond donors (Lipinski definition) is 1. The van der Waals surface area contributed by atoms with Gasteiger partial charge in [0.2, 0.25) is 0 Å². The van der Waals surface area contributed by atoms with E-state index in [9.17, 15) is 13.2 Å². The van der Waals surface area contributed by atoms with Crippen LogP contribution in [0.25, 0.3) is 0 Å². The van der Waals surface area contributed by atoms with Crippen molar-refractivity contribution in [1.29, 1.82) is 10.5 Å². The number of hydrogen-bond acceptors (Lipinski definition) is 3. The molecule has 0 aliphatic heterocycles. The Morgan fingerprint density at radius 2 is 2.00 bits per heavy atom. The molecule has 1 aromatic carbocycles. The van der Waals surface area contributed by atoms with E-state index in [0.29, 0.717) is 15.7 Å². The molecule has 1 N–H and O–H groups in total. The Balaban J connectivity index is 2.76. The third kappa shape index (κ3) is 3.64. The first-order chi connectivity index (χ1) is 8.38. The van der Waals surface area contributed by atoms with Crippen molar-refractivity contribution in [3.8, 4) is 12.1 Å². The van der Waals surface area contributed by atoms with Crippen LogP contribution in [0.2, 0.25) is 0 Å². The van der Waals surface area contributed by atoms with Crippen molar-refractivity contribution in [1.82, 2.24) is 0 Å². The van der Waals surface area contributed by atoms with E-state index in [1.165, 1.54) is 24.3 Å². The molecular formula is C11H7BrF3N3. The highest BCUT2D eigenvalue weighted by atomic mass is 79.9. The number of alkyl halides is 3. The van der Waals surface area contributed by atoms with Gasteiger partial charge in [-0.3, -0.25) is 0 Å². The summed E-state index contributed by atoms with van der Waals surface area (Å²) in [5.41, 5.74) is 0.790. The van der Waals surface area contributed by atoms with E-state index in [1.54, 1.807) is 0 Å². The first kappa shape index (κ1) is 14.3. The number of rotatable bonds is 3. The Hall–Kier alpha value is -1.73. The molecule has 1 aromatic rings. The zero-order valence-corrected chi connectivity index (χ0v) is 10.5. The Morgan fingerprint density at radius 1 is 1.33 bits per heavy atom. The van der Waals surface area contributed by atoms with E-state index in [-0.39, 0.29) is 0 Å². The molecule has 0 fully saturated rings. The number of nitrogens with one attached hydrogen (secondary N) is 1. The molecule has 0 spiro atoms. The minimum atomic E-state index is -4.55. The smallest absolute Gasteiger partial charge is 0.382 e. The first-order valence-electron chi connectivity index (χ1n) is 4.78. The fourth-order valence-electron chi connectivity index (χ4n) is 1.17. The third-order valence-corrected chi connectivity index (χ3v) is 2.80. The summed E-state index contributed by atoms with van der Waals surface area (Å²) >= 11 is 3.13. The van der Waals surface area contributed by atoms with Gasteiger partial charge in [0.05, 0.1) is 17.7 Å². The van der Waals surface area contributed by atoms with Crippen molar-refractivity contribution in [3.63, 3.8) is 0 Å². The fraction of sp³-hybridized carbons (Fsp3) is 0.273. The van der Waals surface area contributed by atoms with Crippen molar-refractivity contribution in [2.45, 2.75) is 6.18 Å². The average Bonchev–Trinajstić information content (AvgIpc) is 2.29. The Kier molecular flexibility index (Phi) is 4.57. The molecule has 0 heterocycles. The highest BCUT2D eigenvalue weighted by Crippen LogP contribution is 2.28. The summed E-state index contributed by atoms with van der Waals surface area (Å²) in [4.78, 5) is 0. The van der Waals surface area contributed by atoms with Gasteiger partial charge in [-0.1, -0.05) is 0 Å². The van der Waals surface area contributed by atoms with E-state index >= 15 is 0 Å². The molecule has 0 aliphatic carbocycles. The molecule has 0 radical (unpaired) electrons. The van der Waals surface area contributed by atoms with Crippen LogP contribution < -0.4 is 5.32 Å². The quantitative estimate of drug-likeness (QED) is 0.929. The number of nitrogens with zero attached hydrogens (tertiary/aromatic N) is 2. The van der Waals surface area contributed by atoms with Crippen LogP contribution in [-0.2, 0) is 0 Å². The van der Waals surface area contributed by atoms with Crippen LogP contribution in [0.15, 0.2) is 22.7 Å². The normalized spacial score (nSPS) is 12.3. The number of benzene rings is 1. The van der Waals surface area contributed by atoms with E-state index < -0.39 is 18.6 Å². The lowest BCUT2D eigenvalue weighted by Crippen LogP contribution is -2.28. The second-order valence-electron chi connectivity index (χ2n) is 3.41. The molecule has 0 amide bonds. The van der Waals surface area contributed by atoms with Crippen LogP contribution in [0.4, 0.5) is 18.9 Å². The van der Waals surface area contributed by atoms with Gasteiger partial charge >= 0.3 is 6.18 Å². The van der Waals surface area contributed by atoms with Gasteiger partial charge in [-0.05, 0) is 34.1 Å². The summed E-state index contributed by atoms with van der Waals surface area (Å²) in [6, 6.07) is 7.54. The van der Waals surface area contributed by atoms with Gasteiger partial charge < -0.3 is 5.32 Å². The lowest BCUT2D eigenvalue weighted by Gasteiger charge is -2.15. The van der Waals surface area contributed by atoms with Gasteiger partial charge in [0.25, 0.3) is 0 Å². The van der Waals surface area contributed by atoms with Gasteiger partial charge in [-0.2, -0.15) is 23.7 Å². The molecule has 1 atom stereocenters. The molecule has 0 aromatic heterocycles. The number of halogens is 4. The van der Waals surface area contributed by atoms with E-state index in [4.69, 9.17) is 10.5 Å². The van der Waals surface area contributed by atoms with Gasteiger partial charge in [0, 0.05) is 16.7 Å². The SMILES string of the molecule is N#Cc1ccc(NCC(C#N)C(F)(F)F)c(Br)c1. The second-order valence-corrected chi connectivity index (χ2v) is 4.26. The van der Waals surface area contributed by atoms with Crippen LogP contribution in [0.5, 0.6) is 0 Å². The van der Waals surface area contributed by atoms with Crippen molar-refractivity contribution in [3.05, 3.63) is 28.2 Å². The van der Waals surface area contributed by atoms with Crippen molar-refractivity contribution < 1.29 is 13.2 Å². The minimum Gasteiger partial charge on any atom is -0.382 e. The van der Waals surface area contributed by atoms with Gasteiger partial charge in [-0.15, -0.1) is 0 Å². The standard InChI is InChI=1S/C11H7BrF3N3/c12-9-3-7(4-16)1-2-10(9)18-6-8(5-17)11(13,14)15/h1-3,8,18H,6H2. The maximum absolute atomic E-state index is 12.3. The molecular weight excluding hydrogens is 311 g/mol. The third-order valence-electron chi connectivity index (χ3n) is 2.15. The van der Waals surface area contributed by atoms with Crippen molar-refractivity contribution in [2.75, 3.05) is 11.9 Å². The molecule has 0 bridgehead atoms. The molecule has 0 saturated carbocycles. The molecule has 1 rings (SSSR count). The lowest BCUT2D eigenvalue weighted by atomic mass is 10.1. The molecule has 94 valence electrons. The summed E-state index contributed by atoms with van der Waals surface area (Å²) in [5, 5.41) is 19.6. The number of anilines is 1. The van der Waals surface area contributed by atoms with Gasteiger partial charge in [-0.25, -0.2) is 0 Å². The molecule has 7 heteroatoms. The maximum Gasteiger partial charge on any atom is 0.406 e. The van der Waals surface area contributed by atoms with Crippen LogP contribution in [0, 0.1) is 28.6 Å². The molecule has 1 unspecified atom stereocenters. The van der Waals surface area contributed by atoms with Crippen LogP contribution in [0.1, 0.15) is 5.56 Å². The summed E-state index contributed by atoms with van der Waals surface area (Å²) in [6.07, 6.45) is -4.55. The Labute approximate surface area is 110 Å². The Bertz CT molecular complexity index is 514. The largest absolute Gasteiger partial charge is 0.406 e. The van der Waals surface area contributed by atoms with Gasteiger partial charge in [0.1, 0.15) is 0 Å². The molecule has 18 heavy (non-hydrogen) atoms. The van der Waals surface area contributed by atoms with Gasteiger partial charge in [0.15, 0.2) is 5.92 Å². The summed E-state index contributed by atoms with van der Waals surface area (Å²) in [6.45, 7) is -0.537. The van der Waals surface area contributed by atoms with E-state index in [0.717, 1.165) is 0 Å². The topological polar surface area (TPSA) is 59.6 Å².